The molecule has 0 aliphatic heterocycles. The van der Waals surface area contributed by atoms with Crippen LogP contribution in [0.1, 0.15) is 41.0 Å². The molecule has 20 heavy (non-hydrogen) atoms. The van der Waals surface area contributed by atoms with Crippen LogP contribution in [0.25, 0.3) is 0 Å². The highest BCUT2D eigenvalue weighted by molar-refractivity contribution is 5.37. The van der Waals surface area contributed by atoms with Crippen LogP contribution in [0.2, 0.25) is 0 Å². The number of nitrogens with zero attached hydrogens (tertiary/aromatic N) is 2. The Labute approximate surface area is 119 Å². The fraction of sp³-hybridized carbons (Fsp3) is 0.375. The summed E-state index contributed by atoms with van der Waals surface area (Å²) >= 11 is 0. The van der Waals surface area contributed by atoms with E-state index < -0.39 is 0 Å². The first-order valence-electron chi connectivity index (χ1n) is 6.81. The molecule has 1 heterocycles. The van der Waals surface area contributed by atoms with Crippen molar-refractivity contribution < 1.29 is 4.39 Å². The third-order valence-electron chi connectivity index (χ3n) is 3.24. The third kappa shape index (κ3) is 3.02. The van der Waals surface area contributed by atoms with E-state index in [9.17, 15) is 4.39 Å². The van der Waals surface area contributed by atoms with Crippen LogP contribution in [0.15, 0.2) is 24.5 Å². The standard InChI is InChI=1S/C16H20FN3/c1-5-18-15(16-19-8-11(3)9-20-16)14-12(4)6-10(2)7-13(14)17/h6-9,15,18H,5H2,1-4H3. The van der Waals surface area contributed by atoms with Gasteiger partial charge in [0.25, 0.3) is 0 Å². The van der Waals surface area contributed by atoms with Crippen molar-refractivity contribution >= 4 is 0 Å². The summed E-state index contributed by atoms with van der Waals surface area (Å²) in [5, 5.41) is 3.27. The van der Waals surface area contributed by atoms with Crippen LogP contribution in [-0.2, 0) is 0 Å². The molecule has 1 aromatic carbocycles. The molecule has 3 nitrogen and oxygen atoms in total. The van der Waals surface area contributed by atoms with E-state index >= 15 is 0 Å². The Bertz CT molecular complexity index is 570. The normalized spacial score (nSPS) is 12.4. The lowest BCUT2D eigenvalue weighted by Crippen LogP contribution is -2.26. The molecule has 4 heteroatoms. The fourth-order valence-corrected chi connectivity index (χ4v) is 2.37. The topological polar surface area (TPSA) is 37.8 Å². The van der Waals surface area contributed by atoms with Gasteiger partial charge in [0.1, 0.15) is 11.6 Å². The van der Waals surface area contributed by atoms with E-state index in [2.05, 4.69) is 15.3 Å². The first-order valence-corrected chi connectivity index (χ1v) is 6.81. The van der Waals surface area contributed by atoms with Crippen LogP contribution in [0.4, 0.5) is 4.39 Å². The predicted molar refractivity (Wildman–Crippen MR) is 78.2 cm³/mol. The van der Waals surface area contributed by atoms with Crippen molar-refractivity contribution in [3.63, 3.8) is 0 Å². The molecule has 1 atom stereocenters. The number of rotatable bonds is 4. The number of hydrogen-bond donors (Lipinski definition) is 1. The van der Waals surface area contributed by atoms with Crippen LogP contribution in [-0.4, -0.2) is 16.5 Å². The van der Waals surface area contributed by atoms with Crippen LogP contribution in [0.3, 0.4) is 0 Å². The first kappa shape index (κ1) is 14.6. The van der Waals surface area contributed by atoms with Gasteiger partial charge in [0.2, 0.25) is 0 Å². The van der Waals surface area contributed by atoms with E-state index in [4.69, 9.17) is 0 Å². The van der Waals surface area contributed by atoms with Gasteiger partial charge in [-0.1, -0.05) is 13.0 Å². The van der Waals surface area contributed by atoms with Gasteiger partial charge in [-0.25, -0.2) is 14.4 Å². The van der Waals surface area contributed by atoms with E-state index in [0.717, 1.165) is 16.7 Å². The van der Waals surface area contributed by atoms with Crippen LogP contribution < -0.4 is 5.32 Å². The van der Waals surface area contributed by atoms with Gasteiger partial charge < -0.3 is 5.32 Å². The van der Waals surface area contributed by atoms with E-state index in [-0.39, 0.29) is 11.9 Å². The molecule has 2 aromatic rings. The van der Waals surface area contributed by atoms with E-state index in [1.807, 2.05) is 33.8 Å². The van der Waals surface area contributed by atoms with Crippen molar-refractivity contribution in [1.82, 2.24) is 15.3 Å². The summed E-state index contributed by atoms with van der Waals surface area (Å²) < 4.78 is 14.4. The molecule has 2 rings (SSSR count). The Morgan fingerprint density at radius 1 is 1.10 bits per heavy atom. The van der Waals surface area contributed by atoms with Gasteiger partial charge >= 0.3 is 0 Å². The second-order valence-corrected chi connectivity index (χ2v) is 5.09. The van der Waals surface area contributed by atoms with Crippen molar-refractivity contribution in [3.8, 4) is 0 Å². The Kier molecular flexibility index (Phi) is 4.45. The highest BCUT2D eigenvalue weighted by Gasteiger charge is 2.21. The zero-order valence-electron chi connectivity index (χ0n) is 12.4. The number of aryl methyl sites for hydroxylation is 3. The highest BCUT2D eigenvalue weighted by Crippen LogP contribution is 2.26. The maximum absolute atomic E-state index is 14.4. The van der Waals surface area contributed by atoms with Crippen LogP contribution in [0.5, 0.6) is 0 Å². The molecule has 0 fully saturated rings. The lowest BCUT2D eigenvalue weighted by molar-refractivity contribution is 0.539. The molecule has 0 saturated carbocycles. The van der Waals surface area contributed by atoms with Gasteiger partial charge in [0.15, 0.2) is 0 Å². The number of hydrogen-bond acceptors (Lipinski definition) is 3. The van der Waals surface area contributed by atoms with Gasteiger partial charge in [0.05, 0.1) is 6.04 Å². The van der Waals surface area contributed by atoms with E-state index in [1.165, 1.54) is 0 Å². The largest absolute Gasteiger partial charge is 0.304 e. The number of halogens is 1. The predicted octanol–water partition coefficient (Wildman–Crippen LogP) is 3.24. The average Bonchev–Trinajstić information content (AvgIpc) is 2.37. The van der Waals surface area contributed by atoms with Gasteiger partial charge in [-0.05, 0) is 50.1 Å². The van der Waals surface area contributed by atoms with Crippen LogP contribution in [0, 0.1) is 26.6 Å². The molecule has 0 saturated heterocycles. The minimum absolute atomic E-state index is 0.211. The molecular formula is C16H20FN3. The van der Waals surface area contributed by atoms with Crippen molar-refractivity contribution in [2.45, 2.75) is 33.7 Å². The first-order chi connectivity index (χ1) is 9.52. The lowest BCUT2D eigenvalue weighted by atomic mass is 9.97. The van der Waals surface area contributed by atoms with E-state index in [1.54, 1.807) is 18.5 Å². The van der Waals surface area contributed by atoms with Gasteiger partial charge in [-0.15, -0.1) is 0 Å². The Balaban J connectivity index is 2.51. The van der Waals surface area contributed by atoms with Crippen molar-refractivity contribution in [2.75, 3.05) is 6.54 Å². The lowest BCUT2D eigenvalue weighted by Gasteiger charge is -2.20. The van der Waals surface area contributed by atoms with Gasteiger partial charge in [-0.3, -0.25) is 0 Å². The number of benzene rings is 1. The summed E-state index contributed by atoms with van der Waals surface area (Å²) in [6.45, 7) is 8.45. The Hall–Kier alpha value is -1.81. The summed E-state index contributed by atoms with van der Waals surface area (Å²) in [5.74, 6) is 0.390. The molecular weight excluding hydrogens is 253 g/mol. The molecule has 0 spiro atoms. The molecule has 0 bridgehead atoms. The summed E-state index contributed by atoms with van der Waals surface area (Å²) in [4.78, 5) is 8.68. The minimum Gasteiger partial charge on any atom is -0.304 e. The molecule has 0 aliphatic carbocycles. The van der Waals surface area contributed by atoms with Crippen molar-refractivity contribution in [3.05, 3.63) is 58.4 Å². The van der Waals surface area contributed by atoms with Crippen molar-refractivity contribution in [1.29, 1.82) is 0 Å². The summed E-state index contributed by atoms with van der Waals surface area (Å²) in [7, 11) is 0. The second-order valence-electron chi connectivity index (χ2n) is 5.09. The molecule has 0 radical (unpaired) electrons. The maximum atomic E-state index is 14.4. The quantitative estimate of drug-likeness (QED) is 0.929. The van der Waals surface area contributed by atoms with Crippen LogP contribution >= 0.6 is 0 Å². The SMILES string of the molecule is CCNC(c1ncc(C)cn1)c1c(C)cc(C)cc1F. The summed E-state index contributed by atoms with van der Waals surface area (Å²) in [6, 6.07) is 3.22. The molecule has 106 valence electrons. The average molecular weight is 273 g/mol. The minimum atomic E-state index is -0.318. The zero-order valence-corrected chi connectivity index (χ0v) is 12.4. The van der Waals surface area contributed by atoms with Gasteiger partial charge in [-0.2, -0.15) is 0 Å². The van der Waals surface area contributed by atoms with Crippen molar-refractivity contribution in [2.24, 2.45) is 0 Å². The number of nitrogens with one attached hydrogen (secondary N) is 1. The van der Waals surface area contributed by atoms with Gasteiger partial charge in [0, 0.05) is 18.0 Å². The Morgan fingerprint density at radius 2 is 1.75 bits per heavy atom. The monoisotopic (exact) mass is 273 g/mol. The summed E-state index contributed by atoms with van der Waals surface area (Å²) in [6.07, 6.45) is 3.52. The molecule has 1 aromatic heterocycles. The van der Waals surface area contributed by atoms with E-state index in [0.29, 0.717) is 17.9 Å². The molecule has 0 amide bonds. The third-order valence-corrected chi connectivity index (χ3v) is 3.24. The summed E-state index contributed by atoms with van der Waals surface area (Å²) in [5.41, 5.74) is 3.45. The molecule has 1 N–H and O–H groups in total. The highest BCUT2D eigenvalue weighted by atomic mass is 19.1. The zero-order chi connectivity index (χ0) is 14.7. The second kappa shape index (κ2) is 6.09. The smallest absolute Gasteiger partial charge is 0.149 e. The number of aromatic nitrogens is 2. The molecule has 0 aliphatic rings. The molecule has 1 unspecified atom stereocenters. The Morgan fingerprint density at radius 3 is 2.30 bits per heavy atom. The maximum Gasteiger partial charge on any atom is 0.149 e. The fourth-order valence-electron chi connectivity index (χ4n) is 2.37.